The summed E-state index contributed by atoms with van der Waals surface area (Å²) in [6.45, 7) is 0. The first-order valence-corrected chi connectivity index (χ1v) is 6.27. The Morgan fingerprint density at radius 3 is 2.55 bits per heavy atom. The predicted octanol–water partition coefficient (Wildman–Crippen LogP) is 1.66. The van der Waals surface area contributed by atoms with Crippen molar-refractivity contribution in [2.45, 2.75) is 0 Å². The molecule has 3 N–H and O–H groups in total. The molecule has 0 spiro atoms. The summed E-state index contributed by atoms with van der Waals surface area (Å²) in [5, 5.41) is 24.2. The lowest BCUT2D eigenvalue weighted by atomic mass is 10.2. The summed E-state index contributed by atoms with van der Waals surface area (Å²) in [5.41, 5.74) is -0.145. The molecule has 0 aliphatic carbocycles. The van der Waals surface area contributed by atoms with Gasteiger partial charge in [-0.1, -0.05) is 23.4 Å². The highest BCUT2D eigenvalue weighted by molar-refractivity contribution is 7.14. The Hall–Kier alpha value is -2.74. The first-order chi connectivity index (χ1) is 9.61. The fourth-order valence-corrected chi connectivity index (χ4v) is 2.09. The number of aliphatic carboxylic acids is 1. The lowest BCUT2D eigenvalue weighted by molar-refractivity contribution is -0.129. The second kappa shape index (κ2) is 5.93. The fraction of sp³-hybridized carbons (Fsp3) is 0. The predicted molar refractivity (Wildman–Crippen MR) is 72.5 cm³/mol. The highest BCUT2D eigenvalue weighted by atomic mass is 32.1. The largest absolute Gasteiger partial charge is 0.476 e. The number of carboxylic acids is 1. The lowest BCUT2D eigenvalue weighted by Crippen LogP contribution is -2.15. The fourth-order valence-electron chi connectivity index (χ4n) is 1.40. The van der Waals surface area contributed by atoms with Crippen molar-refractivity contribution in [2.24, 2.45) is 5.16 Å². The van der Waals surface area contributed by atoms with Gasteiger partial charge in [-0.3, -0.25) is 10.1 Å². The Bertz CT molecular complexity index is 666. The molecule has 1 heterocycles. The molecule has 0 fully saturated rings. The maximum Gasteiger partial charge on any atom is 0.360 e. The van der Waals surface area contributed by atoms with E-state index in [9.17, 15) is 9.59 Å². The van der Waals surface area contributed by atoms with Gasteiger partial charge in [0, 0.05) is 10.9 Å². The van der Waals surface area contributed by atoms with Crippen LogP contribution in [-0.2, 0) is 4.79 Å². The second-order valence-corrected chi connectivity index (χ2v) is 4.47. The van der Waals surface area contributed by atoms with Crippen LogP contribution in [0.3, 0.4) is 0 Å². The number of benzene rings is 1. The van der Waals surface area contributed by atoms with Gasteiger partial charge in [-0.2, -0.15) is 0 Å². The minimum Gasteiger partial charge on any atom is -0.476 e. The van der Waals surface area contributed by atoms with E-state index in [0.717, 1.165) is 11.3 Å². The van der Waals surface area contributed by atoms with Crippen LogP contribution in [0.1, 0.15) is 16.1 Å². The van der Waals surface area contributed by atoms with E-state index in [4.69, 9.17) is 10.3 Å². The van der Waals surface area contributed by atoms with Crippen LogP contribution in [-0.4, -0.2) is 32.9 Å². The Morgan fingerprint density at radius 2 is 1.95 bits per heavy atom. The molecule has 0 radical (unpaired) electrons. The Kier molecular flexibility index (Phi) is 4.06. The Morgan fingerprint density at radius 1 is 1.25 bits per heavy atom. The topological polar surface area (TPSA) is 112 Å². The molecule has 2 rings (SSSR count). The summed E-state index contributed by atoms with van der Waals surface area (Å²) in [4.78, 5) is 26.5. The van der Waals surface area contributed by atoms with E-state index in [-0.39, 0.29) is 16.7 Å². The van der Waals surface area contributed by atoms with Crippen molar-refractivity contribution >= 4 is 34.1 Å². The van der Waals surface area contributed by atoms with Crippen molar-refractivity contribution in [3.63, 3.8) is 0 Å². The van der Waals surface area contributed by atoms with Crippen LogP contribution < -0.4 is 5.32 Å². The second-order valence-electron chi connectivity index (χ2n) is 3.61. The van der Waals surface area contributed by atoms with Gasteiger partial charge in [0.2, 0.25) is 5.71 Å². The normalized spacial score (nSPS) is 11.1. The van der Waals surface area contributed by atoms with Crippen molar-refractivity contribution in [1.82, 2.24) is 4.98 Å². The number of nitrogens with zero attached hydrogens (tertiary/aromatic N) is 2. The van der Waals surface area contributed by atoms with E-state index in [0.29, 0.717) is 5.56 Å². The van der Waals surface area contributed by atoms with Gasteiger partial charge >= 0.3 is 5.97 Å². The summed E-state index contributed by atoms with van der Waals surface area (Å²) in [7, 11) is 0. The van der Waals surface area contributed by atoms with Crippen molar-refractivity contribution in [3.05, 3.63) is 47.0 Å². The monoisotopic (exact) mass is 291 g/mol. The third-order valence-electron chi connectivity index (χ3n) is 2.31. The Balaban J connectivity index is 2.15. The number of carbonyl (C=O) groups excluding carboxylic acids is 1. The zero-order valence-electron chi connectivity index (χ0n) is 9.98. The van der Waals surface area contributed by atoms with E-state index >= 15 is 0 Å². The number of amides is 1. The number of hydrogen-bond donors (Lipinski definition) is 3. The number of nitrogens with one attached hydrogen (secondary N) is 1. The first kappa shape index (κ1) is 13.7. The van der Waals surface area contributed by atoms with Gasteiger partial charge in [0.15, 0.2) is 5.13 Å². The molecule has 2 aromatic rings. The van der Waals surface area contributed by atoms with E-state index in [2.05, 4.69) is 15.5 Å². The van der Waals surface area contributed by atoms with Crippen molar-refractivity contribution in [1.29, 1.82) is 0 Å². The summed E-state index contributed by atoms with van der Waals surface area (Å²) in [6, 6.07) is 8.52. The zero-order chi connectivity index (χ0) is 14.5. The average Bonchev–Trinajstić information content (AvgIpc) is 2.88. The highest BCUT2D eigenvalue weighted by Crippen LogP contribution is 2.17. The number of carbonyl (C=O) groups is 2. The summed E-state index contributed by atoms with van der Waals surface area (Å²) in [5.74, 6) is -1.76. The zero-order valence-corrected chi connectivity index (χ0v) is 10.8. The quantitative estimate of drug-likeness (QED) is 0.450. The number of carboxylic acid groups (broad SMARTS) is 1. The molecule has 0 aliphatic heterocycles. The maximum absolute atomic E-state index is 11.9. The molecule has 8 heteroatoms. The van der Waals surface area contributed by atoms with Crippen LogP contribution in [0.5, 0.6) is 0 Å². The van der Waals surface area contributed by atoms with E-state index in [1.165, 1.54) is 5.38 Å². The standard InChI is InChI=1S/C12H9N3O4S/c16-10(7-4-2-1-3-5-7)14-12-13-8(6-20-12)9(15-19)11(17)18/h1-6,19H,(H,17,18)(H,13,14,16). The summed E-state index contributed by atoms with van der Waals surface area (Å²) < 4.78 is 0. The molecule has 1 amide bonds. The highest BCUT2D eigenvalue weighted by Gasteiger charge is 2.17. The van der Waals surface area contributed by atoms with Gasteiger partial charge < -0.3 is 10.3 Å². The van der Waals surface area contributed by atoms with Crippen LogP contribution >= 0.6 is 11.3 Å². The smallest absolute Gasteiger partial charge is 0.360 e. The van der Waals surface area contributed by atoms with Crippen molar-refractivity contribution in [2.75, 3.05) is 5.32 Å². The molecule has 102 valence electrons. The summed E-state index contributed by atoms with van der Waals surface area (Å²) in [6.07, 6.45) is 0. The van der Waals surface area contributed by atoms with E-state index < -0.39 is 11.7 Å². The van der Waals surface area contributed by atoms with Crippen molar-refractivity contribution in [3.8, 4) is 0 Å². The van der Waals surface area contributed by atoms with Crippen LogP contribution in [0.2, 0.25) is 0 Å². The number of hydrogen-bond acceptors (Lipinski definition) is 6. The molecule has 0 saturated heterocycles. The maximum atomic E-state index is 11.9. The molecule has 1 aromatic heterocycles. The third-order valence-corrected chi connectivity index (χ3v) is 3.06. The number of aromatic nitrogens is 1. The molecule has 0 aliphatic rings. The van der Waals surface area contributed by atoms with Gasteiger partial charge in [0.05, 0.1) is 0 Å². The minimum atomic E-state index is -1.40. The minimum absolute atomic E-state index is 0.0200. The molecular weight excluding hydrogens is 282 g/mol. The van der Waals surface area contributed by atoms with Gasteiger partial charge in [-0.15, -0.1) is 11.3 Å². The molecule has 7 nitrogen and oxygen atoms in total. The molecule has 0 atom stereocenters. The number of anilines is 1. The van der Waals surface area contributed by atoms with E-state index in [1.54, 1.807) is 30.3 Å². The molecule has 0 saturated carbocycles. The van der Waals surface area contributed by atoms with Crippen LogP contribution in [0, 0.1) is 0 Å². The number of oxime groups is 1. The third kappa shape index (κ3) is 2.98. The molecular formula is C12H9N3O4S. The number of rotatable bonds is 4. The SMILES string of the molecule is O=C(O)C(=NO)c1csc(NC(=O)c2ccccc2)n1. The summed E-state index contributed by atoms with van der Waals surface area (Å²) >= 11 is 1.04. The first-order valence-electron chi connectivity index (χ1n) is 5.39. The lowest BCUT2D eigenvalue weighted by Gasteiger charge is -2.00. The van der Waals surface area contributed by atoms with Gasteiger partial charge in [-0.25, -0.2) is 9.78 Å². The van der Waals surface area contributed by atoms with Gasteiger partial charge in [0.25, 0.3) is 5.91 Å². The van der Waals surface area contributed by atoms with Gasteiger partial charge in [0.1, 0.15) is 5.69 Å². The van der Waals surface area contributed by atoms with Crippen LogP contribution in [0.4, 0.5) is 5.13 Å². The molecule has 0 unspecified atom stereocenters. The average molecular weight is 291 g/mol. The number of thiazole rings is 1. The van der Waals surface area contributed by atoms with Gasteiger partial charge in [-0.05, 0) is 12.1 Å². The van der Waals surface area contributed by atoms with Crippen molar-refractivity contribution < 1.29 is 19.9 Å². The van der Waals surface area contributed by atoms with Crippen LogP contribution in [0.15, 0.2) is 40.9 Å². The Labute approximate surface area is 117 Å². The molecule has 20 heavy (non-hydrogen) atoms. The molecule has 0 bridgehead atoms. The van der Waals surface area contributed by atoms with E-state index in [1.807, 2.05) is 0 Å². The molecule has 1 aromatic carbocycles. The van der Waals surface area contributed by atoms with Crippen LogP contribution in [0.25, 0.3) is 0 Å².